The van der Waals surface area contributed by atoms with Crippen LogP contribution in [0.3, 0.4) is 0 Å². The lowest BCUT2D eigenvalue weighted by Gasteiger charge is -2.37. The Hall–Kier alpha value is -3.77. The molecule has 0 radical (unpaired) electrons. The molecule has 0 bridgehead atoms. The monoisotopic (exact) mass is 698 g/mol. The first kappa shape index (κ1) is 36.5. The molecule has 2 heterocycles. The second kappa shape index (κ2) is 13.9. The number of carbonyl (C=O) groups is 2. The summed E-state index contributed by atoms with van der Waals surface area (Å²) in [5.41, 5.74) is -1.00. The molecule has 2 aromatic carbocycles. The van der Waals surface area contributed by atoms with Gasteiger partial charge in [-0.3, -0.25) is 4.79 Å². The van der Waals surface area contributed by atoms with Crippen LogP contribution in [0.15, 0.2) is 47.4 Å². The molecule has 5 rings (SSSR count). The molecule has 1 aromatic heterocycles. The molecule has 2 atom stereocenters. The summed E-state index contributed by atoms with van der Waals surface area (Å²) in [6, 6.07) is 9.15. The molecular formula is C37H48F2N2O7Si. The van der Waals surface area contributed by atoms with Crippen LogP contribution in [-0.4, -0.2) is 61.2 Å². The van der Waals surface area contributed by atoms with Crippen molar-refractivity contribution < 1.29 is 37.0 Å². The van der Waals surface area contributed by atoms with Gasteiger partial charge in [0.05, 0.1) is 16.9 Å². The lowest BCUT2D eigenvalue weighted by atomic mass is 10.1. The summed E-state index contributed by atoms with van der Waals surface area (Å²) in [5.74, 6) is -3.86. The van der Waals surface area contributed by atoms with Gasteiger partial charge in [0.1, 0.15) is 24.4 Å². The first-order chi connectivity index (χ1) is 22.9. The number of nitrogens with zero attached hydrogens (tertiary/aromatic N) is 2. The standard InChI is InChI=1S/C37H48F2N2O7Si/c1-36(2,3)48-35(44)41-18-24(21-47-49(7,8)37(4,5)6)16-26(41)22-45-33-30(39)29(38)17-27-31(33)40(25-14-15-25)19-28(32(27)42)34(43)46-20-23-12-10-9-11-13-23/h9-13,17,19,24-26H,14-16,18,20-22H2,1-8H3/t24-,26+/m1/s1. The Morgan fingerprint density at radius 1 is 1.00 bits per heavy atom. The van der Waals surface area contributed by atoms with Crippen LogP contribution >= 0.6 is 0 Å². The van der Waals surface area contributed by atoms with Crippen LogP contribution in [0, 0.1) is 17.6 Å². The molecule has 0 N–H and O–H groups in total. The normalized spacial score (nSPS) is 18.5. The van der Waals surface area contributed by atoms with E-state index in [4.69, 9.17) is 18.6 Å². The predicted octanol–water partition coefficient (Wildman–Crippen LogP) is 8.00. The van der Waals surface area contributed by atoms with Gasteiger partial charge < -0.3 is 28.1 Å². The fourth-order valence-corrected chi connectivity index (χ4v) is 6.79. The zero-order valence-electron chi connectivity index (χ0n) is 29.7. The minimum atomic E-state index is -2.07. The number of benzene rings is 2. The number of ether oxygens (including phenoxy) is 3. The molecule has 1 aliphatic carbocycles. The summed E-state index contributed by atoms with van der Waals surface area (Å²) < 4.78 is 56.1. The number of hydrogen-bond donors (Lipinski definition) is 0. The zero-order valence-corrected chi connectivity index (χ0v) is 30.7. The Morgan fingerprint density at radius 3 is 2.29 bits per heavy atom. The molecule has 0 spiro atoms. The molecular weight excluding hydrogens is 650 g/mol. The summed E-state index contributed by atoms with van der Waals surface area (Å²) in [5, 5.41) is -0.184. The smallest absolute Gasteiger partial charge is 0.410 e. The van der Waals surface area contributed by atoms with Crippen LogP contribution in [0.25, 0.3) is 10.9 Å². The van der Waals surface area contributed by atoms with E-state index in [-0.39, 0.29) is 46.7 Å². The second-order valence-corrected chi connectivity index (χ2v) is 20.5. The van der Waals surface area contributed by atoms with Crippen LogP contribution in [0.2, 0.25) is 18.1 Å². The zero-order chi connectivity index (χ0) is 35.9. The third kappa shape index (κ3) is 8.34. The number of aromatic nitrogens is 1. The Morgan fingerprint density at radius 2 is 1.67 bits per heavy atom. The second-order valence-electron chi connectivity index (χ2n) is 15.7. The van der Waals surface area contributed by atoms with E-state index in [0.717, 1.165) is 24.5 Å². The summed E-state index contributed by atoms with van der Waals surface area (Å²) in [4.78, 5) is 41.7. The van der Waals surface area contributed by atoms with Crippen LogP contribution in [0.5, 0.6) is 5.75 Å². The molecule has 1 saturated heterocycles. The molecule has 1 aliphatic heterocycles. The lowest BCUT2D eigenvalue weighted by Crippen LogP contribution is -2.43. The van der Waals surface area contributed by atoms with E-state index >= 15 is 8.78 Å². The summed E-state index contributed by atoms with van der Waals surface area (Å²) in [6.45, 7) is 16.7. The summed E-state index contributed by atoms with van der Waals surface area (Å²) in [6.07, 6.45) is 2.76. The van der Waals surface area contributed by atoms with Crippen molar-refractivity contribution in [2.24, 2.45) is 5.92 Å². The maximum absolute atomic E-state index is 15.7. The number of hydrogen-bond acceptors (Lipinski definition) is 7. The highest BCUT2D eigenvalue weighted by molar-refractivity contribution is 6.74. The van der Waals surface area contributed by atoms with Crippen LogP contribution in [-0.2, 0) is 20.5 Å². The molecule has 1 saturated carbocycles. The maximum atomic E-state index is 15.7. The lowest BCUT2D eigenvalue weighted by molar-refractivity contribution is 0.0180. The number of rotatable bonds is 10. The molecule has 12 heteroatoms. The Labute approximate surface area is 287 Å². The van der Waals surface area contributed by atoms with E-state index in [1.807, 2.05) is 6.07 Å². The fourth-order valence-electron chi connectivity index (χ4n) is 5.71. The van der Waals surface area contributed by atoms with Gasteiger partial charge in [-0.1, -0.05) is 51.1 Å². The van der Waals surface area contributed by atoms with Gasteiger partial charge in [0.15, 0.2) is 19.9 Å². The van der Waals surface area contributed by atoms with Crippen molar-refractivity contribution in [2.75, 3.05) is 19.8 Å². The molecule has 0 unspecified atom stereocenters. The van der Waals surface area contributed by atoms with Gasteiger partial charge in [0, 0.05) is 31.3 Å². The minimum Gasteiger partial charge on any atom is -0.486 e. The third-order valence-electron chi connectivity index (χ3n) is 9.57. The topological polar surface area (TPSA) is 96.3 Å². The SMILES string of the molecule is CC(C)(C)OC(=O)N1C[C@H](CO[Si](C)(C)C(C)(C)C)C[C@H]1COc1c(F)c(F)cc2c(=O)c(C(=O)OCc3ccccc3)cn(C3CC3)c12. The largest absolute Gasteiger partial charge is 0.486 e. The number of halogens is 2. The first-order valence-corrected chi connectivity index (χ1v) is 19.8. The Balaban J connectivity index is 1.44. The van der Waals surface area contributed by atoms with Gasteiger partial charge in [0.2, 0.25) is 11.2 Å². The molecule has 2 fully saturated rings. The van der Waals surface area contributed by atoms with Crippen molar-refractivity contribution >= 4 is 31.3 Å². The number of amides is 1. The highest BCUT2D eigenvalue weighted by Gasteiger charge is 2.42. The van der Waals surface area contributed by atoms with Crippen molar-refractivity contribution in [1.82, 2.24) is 9.47 Å². The average Bonchev–Trinajstić information content (AvgIpc) is 3.78. The van der Waals surface area contributed by atoms with Gasteiger partial charge >= 0.3 is 12.1 Å². The van der Waals surface area contributed by atoms with Gasteiger partial charge in [0.25, 0.3) is 0 Å². The van der Waals surface area contributed by atoms with Crippen molar-refractivity contribution in [2.45, 2.75) is 103 Å². The van der Waals surface area contributed by atoms with E-state index in [1.165, 1.54) is 6.20 Å². The molecule has 49 heavy (non-hydrogen) atoms. The number of fused-ring (bicyclic) bond motifs is 1. The van der Waals surface area contributed by atoms with Gasteiger partial charge in [-0.25, -0.2) is 14.0 Å². The molecule has 9 nitrogen and oxygen atoms in total. The predicted molar refractivity (Wildman–Crippen MR) is 185 cm³/mol. The molecule has 266 valence electrons. The van der Waals surface area contributed by atoms with E-state index in [1.54, 1.807) is 54.5 Å². The van der Waals surface area contributed by atoms with Crippen LogP contribution < -0.4 is 10.2 Å². The molecule has 1 amide bonds. The molecule has 2 aliphatic rings. The number of carbonyl (C=O) groups excluding carboxylic acids is 2. The van der Waals surface area contributed by atoms with Gasteiger partial charge in [-0.05, 0) is 69.8 Å². The molecule has 3 aromatic rings. The maximum Gasteiger partial charge on any atom is 0.410 e. The van der Waals surface area contributed by atoms with E-state index in [0.29, 0.717) is 19.6 Å². The number of pyridine rings is 1. The fraction of sp³-hybridized carbons (Fsp3) is 0.541. The first-order valence-electron chi connectivity index (χ1n) is 16.9. The summed E-state index contributed by atoms with van der Waals surface area (Å²) in [7, 11) is -2.07. The van der Waals surface area contributed by atoms with E-state index in [9.17, 15) is 14.4 Å². The van der Waals surface area contributed by atoms with Crippen molar-refractivity contribution in [3.05, 3.63) is 75.6 Å². The van der Waals surface area contributed by atoms with Crippen molar-refractivity contribution in [1.29, 1.82) is 0 Å². The number of likely N-dealkylation sites (tertiary alicyclic amines) is 1. The van der Waals surface area contributed by atoms with E-state index < -0.39 is 54.8 Å². The van der Waals surface area contributed by atoms with Gasteiger partial charge in [-0.15, -0.1) is 0 Å². The summed E-state index contributed by atoms with van der Waals surface area (Å²) >= 11 is 0. The minimum absolute atomic E-state index is 0.00474. The third-order valence-corrected chi connectivity index (χ3v) is 14.1. The Kier molecular flexibility index (Phi) is 10.3. The quantitative estimate of drug-likeness (QED) is 0.156. The highest BCUT2D eigenvalue weighted by Crippen LogP contribution is 2.41. The van der Waals surface area contributed by atoms with Crippen molar-refractivity contribution in [3.63, 3.8) is 0 Å². The number of esters is 1. The highest BCUT2D eigenvalue weighted by atomic mass is 28.4. The average molecular weight is 699 g/mol. The van der Waals surface area contributed by atoms with Crippen LogP contribution in [0.1, 0.15) is 82.8 Å². The Bertz CT molecular complexity index is 1760. The van der Waals surface area contributed by atoms with Crippen molar-refractivity contribution in [3.8, 4) is 5.75 Å². The van der Waals surface area contributed by atoms with E-state index in [2.05, 4.69) is 33.9 Å². The van der Waals surface area contributed by atoms with Crippen LogP contribution in [0.4, 0.5) is 13.6 Å². The van der Waals surface area contributed by atoms with Gasteiger partial charge in [-0.2, -0.15) is 4.39 Å².